The van der Waals surface area contributed by atoms with Crippen molar-refractivity contribution >= 4 is 5.84 Å². The van der Waals surface area contributed by atoms with Crippen LogP contribution in [0.5, 0.6) is 0 Å². The van der Waals surface area contributed by atoms with Gasteiger partial charge in [0.1, 0.15) is 5.84 Å². The third kappa shape index (κ3) is 4.40. The Kier molecular flexibility index (Phi) is 5.42. The second kappa shape index (κ2) is 6.85. The van der Waals surface area contributed by atoms with Gasteiger partial charge in [0.25, 0.3) is 0 Å². The molecular weight excluding hydrogens is 216 g/mol. The quantitative estimate of drug-likeness (QED) is 0.339. The van der Waals surface area contributed by atoms with Gasteiger partial charge in [-0.1, -0.05) is 12.1 Å². The number of rotatable bonds is 6. The van der Waals surface area contributed by atoms with Crippen molar-refractivity contribution in [1.82, 2.24) is 9.88 Å². The average Bonchev–Trinajstić information content (AvgIpc) is 2.36. The second-order valence-corrected chi connectivity index (χ2v) is 4.06. The Morgan fingerprint density at radius 2 is 2.18 bits per heavy atom. The third-order valence-electron chi connectivity index (χ3n) is 2.80. The normalized spacial score (nSPS) is 13.9. The molecule has 0 saturated heterocycles. The summed E-state index contributed by atoms with van der Waals surface area (Å²) in [7, 11) is 0. The van der Waals surface area contributed by atoms with Crippen LogP contribution in [0.15, 0.2) is 29.7 Å². The Balaban J connectivity index is 2.59. The van der Waals surface area contributed by atoms with Gasteiger partial charge in [-0.25, -0.2) is 0 Å². The predicted molar refractivity (Wildman–Crippen MR) is 67.8 cm³/mol. The van der Waals surface area contributed by atoms with Crippen LogP contribution in [0.4, 0.5) is 0 Å². The highest BCUT2D eigenvalue weighted by Crippen LogP contribution is 2.09. The van der Waals surface area contributed by atoms with Crippen molar-refractivity contribution in [3.05, 3.63) is 30.1 Å². The smallest absolute Gasteiger partial charge is 0.140 e. The Labute approximate surface area is 102 Å². The van der Waals surface area contributed by atoms with Gasteiger partial charge in [-0.2, -0.15) is 0 Å². The van der Waals surface area contributed by atoms with Crippen LogP contribution in [-0.2, 0) is 6.54 Å². The lowest BCUT2D eigenvalue weighted by atomic mass is 10.1. The fourth-order valence-corrected chi connectivity index (χ4v) is 1.77. The summed E-state index contributed by atoms with van der Waals surface area (Å²) in [6, 6.07) is 4.24. The van der Waals surface area contributed by atoms with Crippen LogP contribution < -0.4 is 5.73 Å². The first-order valence-electron chi connectivity index (χ1n) is 5.76. The van der Waals surface area contributed by atoms with Crippen molar-refractivity contribution in [2.24, 2.45) is 10.9 Å². The van der Waals surface area contributed by atoms with E-state index in [1.807, 2.05) is 12.1 Å². The van der Waals surface area contributed by atoms with Crippen molar-refractivity contribution in [2.45, 2.75) is 32.9 Å². The molecule has 0 aliphatic heterocycles. The fraction of sp³-hybridized carbons (Fsp3) is 0.500. The highest BCUT2D eigenvalue weighted by atomic mass is 16.4. The Morgan fingerprint density at radius 3 is 2.71 bits per heavy atom. The maximum absolute atomic E-state index is 8.56. The molecule has 1 aromatic rings. The van der Waals surface area contributed by atoms with Crippen molar-refractivity contribution in [3.63, 3.8) is 0 Å². The fourth-order valence-electron chi connectivity index (χ4n) is 1.77. The minimum Gasteiger partial charge on any atom is -0.409 e. The molecule has 0 aromatic carbocycles. The van der Waals surface area contributed by atoms with E-state index < -0.39 is 0 Å². The molecule has 0 bridgehead atoms. The second-order valence-electron chi connectivity index (χ2n) is 4.06. The van der Waals surface area contributed by atoms with Crippen LogP contribution in [0.1, 0.15) is 25.8 Å². The molecule has 1 rings (SSSR count). The predicted octanol–water partition coefficient (Wildman–Crippen LogP) is 1.43. The molecule has 0 aliphatic carbocycles. The molecular formula is C12H20N4O. The number of aromatic nitrogens is 1. The van der Waals surface area contributed by atoms with Crippen LogP contribution in [0.25, 0.3) is 0 Å². The molecule has 3 N–H and O–H groups in total. The number of nitrogens with two attached hydrogens (primary N) is 1. The zero-order chi connectivity index (χ0) is 12.7. The summed E-state index contributed by atoms with van der Waals surface area (Å²) in [6.45, 7) is 5.94. The zero-order valence-electron chi connectivity index (χ0n) is 10.4. The number of oxime groups is 1. The van der Waals surface area contributed by atoms with Crippen LogP contribution in [0, 0.1) is 0 Å². The van der Waals surface area contributed by atoms with Gasteiger partial charge in [0.15, 0.2) is 0 Å². The summed E-state index contributed by atoms with van der Waals surface area (Å²) < 4.78 is 0. The lowest BCUT2D eigenvalue weighted by Crippen LogP contribution is -2.35. The summed E-state index contributed by atoms with van der Waals surface area (Å²) in [4.78, 5) is 6.27. The molecule has 17 heavy (non-hydrogen) atoms. The highest BCUT2D eigenvalue weighted by molar-refractivity contribution is 5.80. The van der Waals surface area contributed by atoms with Gasteiger partial charge in [-0.3, -0.25) is 9.88 Å². The van der Waals surface area contributed by atoms with Gasteiger partial charge >= 0.3 is 0 Å². The number of amidine groups is 1. The van der Waals surface area contributed by atoms with Crippen LogP contribution in [0.2, 0.25) is 0 Å². The topological polar surface area (TPSA) is 74.7 Å². The largest absolute Gasteiger partial charge is 0.409 e. The van der Waals surface area contributed by atoms with E-state index in [2.05, 4.69) is 28.9 Å². The van der Waals surface area contributed by atoms with Crippen LogP contribution in [0.3, 0.4) is 0 Å². The molecule has 0 saturated carbocycles. The highest BCUT2D eigenvalue weighted by Gasteiger charge is 2.14. The Hall–Kier alpha value is -1.62. The summed E-state index contributed by atoms with van der Waals surface area (Å²) in [5.41, 5.74) is 6.74. The van der Waals surface area contributed by atoms with Gasteiger partial charge in [-0.15, -0.1) is 0 Å². The van der Waals surface area contributed by atoms with Gasteiger partial charge < -0.3 is 10.9 Å². The Bertz CT molecular complexity index is 353. The van der Waals surface area contributed by atoms with Gasteiger partial charge in [0.05, 0.1) is 0 Å². The van der Waals surface area contributed by atoms with Crippen molar-refractivity contribution in [2.75, 3.05) is 6.54 Å². The van der Waals surface area contributed by atoms with Gasteiger partial charge in [0, 0.05) is 31.4 Å². The molecule has 94 valence electrons. The standard InChI is InChI=1S/C12H20N4O/c1-3-16(10(2)8-12(13)15-17)9-11-4-6-14-7-5-11/h4-7,10,17H,3,8-9H2,1-2H3,(H2,13,15). The molecule has 0 radical (unpaired) electrons. The summed E-state index contributed by atoms with van der Waals surface area (Å²) in [6.07, 6.45) is 4.14. The molecule has 1 aromatic heterocycles. The molecule has 1 heterocycles. The molecule has 0 fully saturated rings. The van der Waals surface area contributed by atoms with Gasteiger partial charge in [0.2, 0.25) is 0 Å². The summed E-state index contributed by atoms with van der Waals surface area (Å²) in [5, 5.41) is 11.6. The lowest BCUT2D eigenvalue weighted by molar-refractivity contribution is 0.213. The monoisotopic (exact) mass is 236 g/mol. The van der Waals surface area contributed by atoms with Crippen LogP contribution >= 0.6 is 0 Å². The SMILES string of the molecule is CCN(Cc1ccncc1)C(C)CC(N)=NO. The zero-order valence-corrected chi connectivity index (χ0v) is 10.4. The first kappa shape index (κ1) is 13.4. The summed E-state index contributed by atoms with van der Waals surface area (Å²) >= 11 is 0. The van der Waals surface area contributed by atoms with Crippen molar-refractivity contribution < 1.29 is 5.21 Å². The van der Waals surface area contributed by atoms with E-state index in [-0.39, 0.29) is 11.9 Å². The molecule has 1 atom stereocenters. The van der Waals surface area contributed by atoms with E-state index in [0.29, 0.717) is 6.42 Å². The number of hydrogen-bond donors (Lipinski definition) is 2. The minimum absolute atomic E-state index is 0.240. The number of pyridine rings is 1. The van der Waals surface area contributed by atoms with Crippen molar-refractivity contribution in [1.29, 1.82) is 0 Å². The third-order valence-corrected chi connectivity index (χ3v) is 2.80. The average molecular weight is 236 g/mol. The number of hydrogen-bond acceptors (Lipinski definition) is 4. The maximum Gasteiger partial charge on any atom is 0.140 e. The number of nitrogens with zero attached hydrogens (tertiary/aromatic N) is 3. The molecule has 0 spiro atoms. The van der Waals surface area contributed by atoms with Crippen molar-refractivity contribution in [3.8, 4) is 0 Å². The van der Waals surface area contributed by atoms with Gasteiger partial charge in [-0.05, 0) is 31.2 Å². The first-order chi connectivity index (χ1) is 8.17. The molecule has 1 unspecified atom stereocenters. The minimum atomic E-state index is 0.240. The van der Waals surface area contributed by atoms with E-state index in [9.17, 15) is 0 Å². The van der Waals surface area contributed by atoms with E-state index in [1.165, 1.54) is 5.56 Å². The lowest BCUT2D eigenvalue weighted by Gasteiger charge is -2.27. The summed E-state index contributed by atoms with van der Waals surface area (Å²) in [5.74, 6) is 0.269. The van der Waals surface area contributed by atoms with E-state index in [1.54, 1.807) is 12.4 Å². The van der Waals surface area contributed by atoms with Crippen LogP contribution in [-0.4, -0.2) is 33.5 Å². The molecule has 0 aliphatic rings. The molecule has 5 nitrogen and oxygen atoms in total. The molecule has 0 amide bonds. The first-order valence-corrected chi connectivity index (χ1v) is 5.76. The van der Waals surface area contributed by atoms with E-state index >= 15 is 0 Å². The van der Waals surface area contributed by atoms with E-state index in [0.717, 1.165) is 13.1 Å². The Morgan fingerprint density at radius 1 is 1.53 bits per heavy atom. The molecule has 5 heteroatoms. The van der Waals surface area contributed by atoms with E-state index in [4.69, 9.17) is 10.9 Å². The maximum atomic E-state index is 8.56.